The molecule has 0 saturated heterocycles. The summed E-state index contributed by atoms with van der Waals surface area (Å²) in [4.78, 5) is 16.3. The molecule has 0 atom stereocenters. The molecule has 0 spiro atoms. The molecule has 10 heteroatoms. The molecule has 1 aliphatic rings. The Morgan fingerprint density at radius 3 is 2.17 bits per heavy atom. The fourth-order valence-corrected chi connectivity index (χ4v) is 7.26. The zero-order valence-electron chi connectivity index (χ0n) is 18.8. The molecule has 1 saturated carbocycles. The molecule has 0 unspecified atom stereocenters. The number of ketones is 1. The average molecular weight is 513 g/mol. The first kappa shape index (κ1) is 24.9. The Labute approximate surface area is 204 Å². The lowest BCUT2D eigenvalue weighted by Crippen LogP contribution is -2.50. The first-order valence-corrected chi connectivity index (χ1v) is 14.2. The highest BCUT2D eigenvalue weighted by molar-refractivity contribution is 8.07. The number of carbonyl (C=O) groups is 1. The quantitative estimate of drug-likeness (QED) is 0.154. The number of benzene rings is 3. The van der Waals surface area contributed by atoms with E-state index in [0.29, 0.717) is 29.2 Å². The minimum absolute atomic E-state index is 0.0181. The molecular formula is C25H24N2O6S2. The molecule has 35 heavy (non-hydrogen) atoms. The second-order valence-electron chi connectivity index (χ2n) is 8.55. The van der Waals surface area contributed by atoms with Crippen molar-refractivity contribution in [3.63, 3.8) is 0 Å². The molecule has 182 valence electrons. The normalized spacial score (nSPS) is 15.9. The fourth-order valence-electron chi connectivity index (χ4n) is 4.45. The number of sulfone groups is 1. The second kappa shape index (κ2) is 9.83. The highest BCUT2D eigenvalue weighted by Crippen LogP contribution is 2.37. The summed E-state index contributed by atoms with van der Waals surface area (Å²) in [5.41, 5.74) is 8.00. The van der Waals surface area contributed by atoms with Gasteiger partial charge in [0, 0.05) is 5.39 Å². The van der Waals surface area contributed by atoms with Crippen LogP contribution in [0.15, 0.2) is 77.7 Å². The number of nitrogens with zero attached hydrogens (tertiary/aromatic N) is 2. The molecule has 0 aliphatic heterocycles. The maximum absolute atomic E-state index is 13.6. The van der Waals surface area contributed by atoms with Crippen LogP contribution < -0.4 is 0 Å². The van der Waals surface area contributed by atoms with Gasteiger partial charge in [-0.15, -0.1) is 4.79 Å². The Bertz CT molecular complexity index is 1520. The van der Waals surface area contributed by atoms with E-state index in [1.54, 1.807) is 66.7 Å². The largest absolute Gasteiger partial charge is 0.450 e. The summed E-state index contributed by atoms with van der Waals surface area (Å²) < 4.78 is 58.6. The van der Waals surface area contributed by atoms with Crippen molar-refractivity contribution in [1.29, 1.82) is 0 Å². The maximum atomic E-state index is 13.6. The third-order valence-electron chi connectivity index (χ3n) is 6.14. The van der Waals surface area contributed by atoms with Gasteiger partial charge in [-0.1, -0.05) is 86.0 Å². The minimum Gasteiger partial charge on any atom is -0.360 e. The predicted octanol–water partition coefficient (Wildman–Crippen LogP) is 4.06. The Hall–Kier alpha value is -3.17. The molecule has 0 aromatic heterocycles. The van der Waals surface area contributed by atoms with Crippen LogP contribution >= 0.6 is 0 Å². The zero-order chi connectivity index (χ0) is 25.1. The molecule has 3 aromatic rings. The summed E-state index contributed by atoms with van der Waals surface area (Å²) >= 11 is 0. The summed E-state index contributed by atoms with van der Waals surface area (Å²) in [7, 11) is -8.88. The lowest BCUT2D eigenvalue weighted by molar-refractivity contribution is -0.133. The van der Waals surface area contributed by atoms with Crippen molar-refractivity contribution in [2.24, 2.45) is 0 Å². The Kier molecular flexibility index (Phi) is 7.00. The van der Waals surface area contributed by atoms with Crippen LogP contribution in [0.2, 0.25) is 0 Å². The minimum atomic E-state index is -4.49. The standard InChI is InChI=1S/C25H24N2O6S2/c26-27-24(34(29,30)18-19-10-3-1-4-11-19)23(28)25(16-7-2-8-17-25)33-35(31,32)22-15-9-13-20-12-5-6-14-21(20)22/h1,3-6,9-15H,2,7-8,16-18H2. The van der Waals surface area contributed by atoms with E-state index in [4.69, 9.17) is 4.18 Å². The summed E-state index contributed by atoms with van der Waals surface area (Å²) in [5.74, 6) is -1.73. The summed E-state index contributed by atoms with van der Waals surface area (Å²) in [6.45, 7) is 0. The van der Waals surface area contributed by atoms with Crippen LogP contribution in [0.25, 0.3) is 16.3 Å². The first-order valence-electron chi connectivity index (χ1n) is 11.2. The number of fused-ring (bicyclic) bond motifs is 1. The first-order chi connectivity index (χ1) is 16.7. The lowest BCUT2D eigenvalue weighted by Gasteiger charge is -2.33. The summed E-state index contributed by atoms with van der Waals surface area (Å²) in [6.07, 6.45) is 1.60. The van der Waals surface area contributed by atoms with E-state index in [1.165, 1.54) is 6.07 Å². The van der Waals surface area contributed by atoms with Crippen molar-refractivity contribution in [3.8, 4) is 0 Å². The average Bonchev–Trinajstić information content (AvgIpc) is 2.84. The van der Waals surface area contributed by atoms with Crippen molar-refractivity contribution in [1.82, 2.24) is 0 Å². The van der Waals surface area contributed by atoms with Crippen molar-refractivity contribution in [3.05, 3.63) is 83.9 Å². The van der Waals surface area contributed by atoms with Crippen LogP contribution in [-0.4, -0.2) is 38.1 Å². The number of Topliss-reactive ketones (excluding diaryl/α,β-unsaturated/α-hetero) is 1. The van der Waals surface area contributed by atoms with Crippen LogP contribution in [0.4, 0.5) is 0 Å². The van der Waals surface area contributed by atoms with Gasteiger partial charge in [-0.05, 0) is 29.9 Å². The maximum Gasteiger partial charge on any atom is 0.450 e. The zero-order valence-corrected chi connectivity index (χ0v) is 20.5. The number of hydrogen-bond donors (Lipinski definition) is 0. The number of hydrogen-bond acceptors (Lipinski definition) is 6. The number of carbonyl (C=O) groups excluding carboxylic acids is 1. The van der Waals surface area contributed by atoms with Gasteiger partial charge in [-0.25, -0.2) is 8.42 Å². The van der Waals surface area contributed by atoms with E-state index in [-0.39, 0.29) is 17.7 Å². The van der Waals surface area contributed by atoms with Crippen LogP contribution in [0.1, 0.15) is 37.7 Å². The highest BCUT2D eigenvalue weighted by Gasteiger charge is 2.53. The molecule has 0 amide bonds. The number of rotatable bonds is 7. The van der Waals surface area contributed by atoms with Gasteiger partial charge in [-0.2, -0.15) is 8.42 Å². The molecule has 0 heterocycles. The van der Waals surface area contributed by atoms with Crippen LogP contribution in [-0.2, 0) is 34.7 Å². The van der Waals surface area contributed by atoms with E-state index in [0.717, 1.165) is 6.42 Å². The van der Waals surface area contributed by atoms with Gasteiger partial charge in [0.15, 0.2) is 5.60 Å². The molecular weight excluding hydrogens is 488 g/mol. The summed E-state index contributed by atoms with van der Waals surface area (Å²) in [5, 5.41) is -0.0122. The van der Waals surface area contributed by atoms with Crippen molar-refractivity contribution < 1.29 is 30.6 Å². The van der Waals surface area contributed by atoms with Gasteiger partial charge < -0.3 is 5.53 Å². The SMILES string of the molecule is [N-]=[N+]=C(C(=O)C1(OS(=O)(=O)c2cccc3ccccc23)CCCCC1)S(=O)(=O)Cc1ccccc1. The van der Waals surface area contributed by atoms with Crippen LogP contribution in [0.5, 0.6) is 0 Å². The fraction of sp³-hybridized carbons (Fsp3) is 0.280. The molecule has 0 N–H and O–H groups in total. The molecule has 0 radical (unpaired) electrons. The van der Waals surface area contributed by atoms with Gasteiger partial charge >= 0.3 is 5.04 Å². The van der Waals surface area contributed by atoms with E-state index in [9.17, 15) is 27.2 Å². The molecule has 4 rings (SSSR count). The third-order valence-corrected chi connectivity index (χ3v) is 9.15. The summed E-state index contributed by atoms with van der Waals surface area (Å²) in [6, 6.07) is 19.7. The Balaban J connectivity index is 1.74. The lowest BCUT2D eigenvalue weighted by atomic mass is 9.82. The smallest absolute Gasteiger partial charge is 0.360 e. The van der Waals surface area contributed by atoms with Crippen molar-refractivity contribution >= 4 is 41.6 Å². The topological polar surface area (TPSA) is 131 Å². The predicted molar refractivity (Wildman–Crippen MR) is 131 cm³/mol. The monoisotopic (exact) mass is 512 g/mol. The van der Waals surface area contributed by atoms with E-state index in [1.807, 2.05) is 0 Å². The Morgan fingerprint density at radius 2 is 1.49 bits per heavy atom. The van der Waals surface area contributed by atoms with Crippen molar-refractivity contribution in [2.75, 3.05) is 0 Å². The van der Waals surface area contributed by atoms with E-state index in [2.05, 4.69) is 4.79 Å². The van der Waals surface area contributed by atoms with E-state index >= 15 is 0 Å². The molecule has 8 nitrogen and oxygen atoms in total. The van der Waals surface area contributed by atoms with Crippen LogP contribution in [0.3, 0.4) is 0 Å². The third kappa shape index (κ3) is 5.11. The Morgan fingerprint density at radius 1 is 0.857 bits per heavy atom. The molecule has 3 aromatic carbocycles. The van der Waals surface area contributed by atoms with Gasteiger partial charge in [0.2, 0.25) is 0 Å². The van der Waals surface area contributed by atoms with Gasteiger partial charge in [-0.3, -0.25) is 8.98 Å². The highest BCUT2D eigenvalue weighted by atomic mass is 32.2. The van der Waals surface area contributed by atoms with E-state index < -0.39 is 42.1 Å². The van der Waals surface area contributed by atoms with Gasteiger partial charge in [0.1, 0.15) is 4.90 Å². The molecule has 1 fully saturated rings. The second-order valence-corrected chi connectivity index (χ2v) is 12.0. The molecule has 0 bridgehead atoms. The molecule has 1 aliphatic carbocycles. The van der Waals surface area contributed by atoms with Gasteiger partial charge in [0.05, 0.1) is 5.75 Å². The van der Waals surface area contributed by atoms with Crippen molar-refractivity contribution in [2.45, 2.75) is 48.4 Å². The van der Waals surface area contributed by atoms with Crippen LogP contribution in [0, 0.1) is 0 Å². The van der Waals surface area contributed by atoms with Gasteiger partial charge in [0.25, 0.3) is 25.7 Å².